The molecule has 0 aromatic carbocycles. The van der Waals surface area contributed by atoms with E-state index in [4.69, 9.17) is 16.0 Å². The van der Waals surface area contributed by atoms with E-state index in [1.54, 1.807) is 18.0 Å². The van der Waals surface area contributed by atoms with Gasteiger partial charge in [0, 0.05) is 19.6 Å². The lowest BCUT2D eigenvalue weighted by Crippen LogP contribution is -2.38. The highest BCUT2D eigenvalue weighted by molar-refractivity contribution is 6.32. The van der Waals surface area contributed by atoms with Gasteiger partial charge in [-0.05, 0) is 30.6 Å². The van der Waals surface area contributed by atoms with Gasteiger partial charge in [0.1, 0.15) is 0 Å². The monoisotopic (exact) mass is 228 g/mol. The first kappa shape index (κ1) is 10.5. The van der Waals surface area contributed by atoms with Gasteiger partial charge in [-0.15, -0.1) is 0 Å². The Morgan fingerprint density at radius 3 is 3.07 bits per heavy atom. The molecule has 2 rings (SSSR count). The van der Waals surface area contributed by atoms with Crippen molar-refractivity contribution >= 4 is 17.5 Å². The predicted octanol–water partition coefficient (Wildman–Crippen LogP) is 1.37. The van der Waals surface area contributed by atoms with Crippen LogP contribution in [0.5, 0.6) is 0 Å². The molecule has 5 heteroatoms. The summed E-state index contributed by atoms with van der Waals surface area (Å²) in [7, 11) is 1.79. The fraction of sp³-hybridized carbons (Fsp3) is 0.500. The number of carbonyl (C=O) groups is 1. The Labute approximate surface area is 93.2 Å². The number of carbonyl (C=O) groups excluding carboxylic acids is 1. The van der Waals surface area contributed by atoms with Gasteiger partial charge < -0.3 is 14.6 Å². The van der Waals surface area contributed by atoms with Crippen molar-refractivity contribution in [3.05, 3.63) is 23.1 Å². The number of nitrogens with one attached hydrogen (secondary N) is 1. The summed E-state index contributed by atoms with van der Waals surface area (Å²) >= 11 is 5.76. The molecule has 15 heavy (non-hydrogen) atoms. The largest absolute Gasteiger partial charge is 0.452 e. The van der Waals surface area contributed by atoms with E-state index in [-0.39, 0.29) is 17.2 Å². The summed E-state index contributed by atoms with van der Waals surface area (Å²) in [4.78, 5) is 13.7. The van der Waals surface area contributed by atoms with Gasteiger partial charge in [-0.3, -0.25) is 4.79 Å². The molecule has 82 valence electrons. The number of nitrogens with zero attached hydrogens (tertiary/aromatic N) is 1. The number of hydrogen-bond donors (Lipinski definition) is 1. The summed E-state index contributed by atoms with van der Waals surface area (Å²) in [5.74, 6) is -0.0811. The second-order valence-corrected chi connectivity index (χ2v) is 4.01. The Morgan fingerprint density at radius 2 is 2.53 bits per heavy atom. The molecule has 1 amide bonds. The molecule has 1 fully saturated rings. The first-order chi connectivity index (χ1) is 7.20. The van der Waals surface area contributed by atoms with Crippen LogP contribution in [0.3, 0.4) is 0 Å². The van der Waals surface area contributed by atoms with E-state index in [0.29, 0.717) is 5.56 Å². The zero-order valence-electron chi connectivity index (χ0n) is 8.50. The standard InChI is InChI=1S/C10H13ClN2O2/c1-13(7-2-4-12-6-7)10(14)8-3-5-15-9(8)11/h3,5,7,12H,2,4,6H2,1H3. The van der Waals surface area contributed by atoms with E-state index in [9.17, 15) is 4.79 Å². The highest BCUT2D eigenvalue weighted by Gasteiger charge is 2.26. The third kappa shape index (κ3) is 2.01. The lowest BCUT2D eigenvalue weighted by molar-refractivity contribution is 0.0743. The molecule has 1 aliphatic heterocycles. The molecule has 0 saturated carbocycles. The molecule has 1 atom stereocenters. The Balaban J connectivity index is 2.10. The van der Waals surface area contributed by atoms with Crippen molar-refractivity contribution in [1.82, 2.24) is 10.2 Å². The van der Waals surface area contributed by atoms with Crippen molar-refractivity contribution in [3.8, 4) is 0 Å². The summed E-state index contributed by atoms with van der Waals surface area (Å²) in [6.45, 7) is 1.80. The molecule has 0 bridgehead atoms. The SMILES string of the molecule is CN(C(=O)c1ccoc1Cl)C1CCNC1. The molecule has 1 N–H and O–H groups in total. The zero-order chi connectivity index (χ0) is 10.8. The number of halogens is 1. The van der Waals surface area contributed by atoms with Gasteiger partial charge in [-0.2, -0.15) is 0 Å². The fourth-order valence-corrected chi connectivity index (χ4v) is 1.97. The average Bonchev–Trinajstić information content (AvgIpc) is 2.85. The number of amides is 1. The molecule has 1 saturated heterocycles. The van der Waals surface area contributed by atoms with Crippen LogP contribution >= 0.6 is 11.6 Å². The Kier molecular flexibility index (Phi) is 2.98. The molecular formula is C10H13ClN2O2. The Hall–Kier alpha value is -1.00. The van der Waals surface area contributed by atoms with Crippen molar-refractivity contribution in [2.24, 2.45) is 0 Å². The second kappa shape index (κ2) is 4.24. The Bertz CT molecular complexity index is 358. The van der Waals surface area contributed by atoms with Crippen LogP contribution in [0.4, 0.5) is 0 Å². The van der Waals surface area contributed by atoms with E-state index in [1.807, 2.05) is 0 Å². The van der Waals surface area contributed by atoms with E-state index < -0.39 is 0 Å². The molecule has 1 aromatic rings. The molecule has 0 spiro atoms. The first-order valence-corrected chi connectivity index (χ1v) is 5.29. The van der Waals surface area contributed by atoms with Crippen LogP contribution in [-0.2, 0) is 0 Å². The van der Waals surface area contributed by atoms with Crippen molar-refractivity contribution < 1.29 is 9.21 Å². The average molecular weight is 229 g/mol. The van der Waals surface area contributed by atoms with Gasteiger partial charge in [0.25, 0.3) is 5.91 Å². The maximum Gasteiger partial charge on any atom is 0.258 e. The highest BCUT2D eigenvalue weighted by Crippen LogP contribution is 2.20. The van der Waals surface area contributed by atoms with E-state index >= 15 is 0 Å². The number of hydrogen-bond acceptors (Lipinski definition) is 3. The second-order valence-electron chi connectivity index (χ2n) is 3.67. The van der Waals surface area contributed by atoms with Crippen LogP contribution in [0.15, 0.2) is 16.7 Å². The van der Waals surface area contributed by atoms with Crippen LogP contribution in [0, 0.1) is 0 Å². The third-order valence-corrected chi connectivity index (χ3v) is 3.04. The summed E-state index contributed by atoms with van der Waals surface area (Å²) in [5.41, 5.74) is 0.436. The van der Waals surface area contributed by atoms with Gasteiger partial charge >= 0.3 is 0 Å². The quantitative estimate of drug-likeness (QED) is 0.832. The third-order valence-electron chi connectivity index (χ3n) is 2.75. The predicted molar refractivity (Wildman–Crippen MR) is 57.1 cm³/mol. The van der Waals surface area contributed by atoms with Gasteiger partial charge in [0.15, 0.2) is 0 Å². The summed E-state index contributed by atoms with van der Waals surface area (Å²) in [6.07, 6.45) is 2.41. The molecule has 1 aromatic heterocycles. The number of rotatable bonds is 2. The lowest BCUT2D eigenvalue weighted by Gasteiger charge is -2.23. The van der Waals surface area contributed by atoms with Crippen LogP contribution in [0.1, 0.15) is 16.8 Å². The molecule has 2 heterocycles. The summed E-state index contributed by atoms with van der Waals surface area (Å²) < 4.78 is 4.90. The lowest BCUT2D eigenvalue weighted by atomic mass is 10.2. The molecule has 0 radical (unpaired) electrons. The molecule has 0 aliphatic carbocycles. The highest BCUT2D eigenvalue weighted by atomic mass is 35.5. The topological polar surface area (TPSA) is 45.5 Å². The minimum Gasteiger partial charge on any atom is -0.452 e. The smallest absolute Gasteiger partial charge is 0.258 e. The van der Waals surface area contributed by atoms with Crippen molar-refractivity contribution in [3.63, 3.8) is 0 Å². The molecule has 1 unspecified atom stereocenters. The normalized spacial score (nSPS) is 20.5. The number of likely N-dealkylation sites (N-methyl/N-ethyl adjacent to an activating group) is 1. The Morgan fingerprint density at radius 1 is 1.73 bits per heavy atom. The van der Waals surface area contributed by atoms with Crippen LogP contribution in [0.2, 0.25) is 5.22 Å². The van der Waals surface area contributed by atoms with E-state index in [1.165, 1.54) is 6.26 Å². The zero-order valence-corrected chi connectivity index (χ0v) is 9.25. The molecule has 1 aliphatic rings. The van der Waals surface area contributed by atoms with Crippen molar-refractivity contribution in [2.45, 2.75) is 12.5 Å². The minimum atomic E-state index is -0.0811. The van der Waals surface area contributed by atoms with Crippen molar-refractivity contribution in [1.29, 1.82) is 0 Å². The van der Waals surface area contributed by atoms with Crippen LogP contribution in [0.25, 0.3) is 0 Å². The van der Waals surface area contributed by atoms with Crippen LogP contribution < -0.4 is 5.32 Å². The minimum absolute atomic E-state index is 0.0811. The fourth-order valence-electron chi connectivity index (χ4n) is 1.77. The van der Waals surface area contributed by atoms with Crippen LogP contribution in [-0.4, -0.2) is 37.0 Å². The molecular weight excluding hydrogens is 216 g/mol. The van der Waals surface area contributed by atoms with Gasteiger partial charge in [-0.25, -0.2) is 0 Å². The van der Waals surface area contributed by atoms with Gasteiger partial charge in [0.05, 0.1) is 11.8 Å². The van der Waals surface area contributed by atoms with Crippen molar-refractivity contribution in [2.75, 3.05) is 20.1 Å². The summed E-state index contributed by atoms with van der Waals surface area (Å²) in [5, 5.41) is 3.38. The first-order valence-electron chi connectivity index (χ1n) is 4.91. The van der Waals surface area contributed by atoms with Gasteiger partial charge in [-0.1, -0.05) is 0 Å². The van der Waals surface area contributed by atoms with Gasteiger partial charge in [0.2, 0.25) is 5.22 Å². The maximum atomic E-state index is 12.0. The summed E-state index contributed by atoms with van der Waals surface area (Å²) in [6, 6.07) is 1.85. The number of furan rings is 1. The van der Waals surface area contributed by atoms with E-state index in [0.717, 1.165) is 19.5 Å². The van der Waals surface area contributed by atoms with E-state index in [2.05, 4.69) is 5.32 Å². The molecule has 4 nitrogen and oxygen atoms in total. The maximum absolute atomic E-state index is 12.0.